The molecule has 5 atom stereocenters. The number of phosphoric ester groups is 2. The molecule has 0 aliphatic carbocycles. The van der Waals surface area contributed by atoms with Crippen molar-refractivity contribution >= 4 is 33.6 Å². The van der Waals surface area contributed by atoms with Gasteiger partial charge in [0, 0.05) is 19.3 Å². The number of allylic oxidation sites excluding steroid dienone is 22. The number of rotatable bonds is 72. The predicted octanol–water partition coefficient (Wildman–Crippen LogP) is 22.3. The second-order valence-electron chi connectivity index (χ2n) is 25.4. The van der Waals surface area contributed by atoms with Crippen LogP contribution in [0.1, 0.15) is 303 Å². The summed E-state index contributed by atoms with van der Waals surface area (Å²) in [5, 5.41) is 20.6. The Morgan fingerprint density at radius 3 is 0.848 bits per heavy atom. The highest BCUT2D eigenvalue weighted by atomic mass is 31.2. The quantitative estimate of drug-likeness (QED) is 0.0146. The van der Waals surface area contributed by atoms with Crippen LogP contribution in [0.25, 0.3) is 0 Å². The molecule has 0 bridgehead atoms. The Hall–Kier alpha value is -4.31. The van der Waals surface area contributed by atoms with Crippen molar-refractivity contribution in [2.75, 3.05) is 39.6 Å². The molecule has 0 rings (SSSR count). The third-order valence-electron chi connectivity index (χ3n) is 15.8. The SMILES string of the molecule is CC/C=C\C/C=C\C/C=C\C/C=C\C/C=C\CCCCCCCCCCCCCCCC(=O)OCC(O)COP(=O)(O)OCC(O)COP(=O)(O)OCC(COC(=O)CCCCCCCC/C=C\C/C=C\C/C=C\CCCCC)OC(=O)CCCCCCC/C=C\C/C=C\C/C=C\CC. The highest BCUT2D eigenvalue weighted by molar-refractivity contribution is 7.47. The lowest BCUT2D eigenvalue weighted by Crippen LogP contribution is -2.30. The van der Waals surface area contributed by atoms with E-state index in [1.54, 1.807) is 0 Å². The van der Waals surface area contributed by atoms with E-state index in [4.69, 9.17) is 32.3 Å². The van der Waals surface area contributed by atoms with Crippen LogP contribution in [-0.4, -0.2) is 95.9 Å². The number of hydrogen-bond acceptors (Lipinski definition) is 14. The van der Waals surface area contributed by atoms with Crippen molar-refractivity contribution in [2.24, 2.45) is 0 Å². The molecule has 0 aromatic carbocycles. The average Bonchev–Trinajstić information content (AvgIpc) is 1.73. The highest BCUT2D eigenvalue weighted by Crippen LogP contribution is 2.45. The molecule has 0 radical (unpaired) electrons. The van der Waals surface area contributed by atoms with E-state index in [-0.39, 0.29) is 19.3 Å². The standard InChI is InChI=1S/C81H138O16P2/c1-4-7-10-13-16-19-22-25-28-30-32-33-34-35-36-37-38-39-40-41-43-45-47-49-52-55-58-61-64-67-79(84)91-70-76(82)71-93-98(87,88)94-72-77(83)73-95-99(89,90)96-75-78(97-81(86)69-66-63-60-57-54-51-46-27-24-21-18-15-12-9-6-3)74-92-80(85)68-65-62-59-56-53-50-48-44-42-31-29-26-23-20-17-14-11-8-5-2/h7,9-10,12,16-21,25-29,32-33,35-36,42,44,46,76-78,82-83H,4-6,8,11,13-15,22-24,30-31,34,37-41,43,45,47-75H2,1-3H3,(H,87,88)(H,89,90)/b10-7-,12-9-,19-16-,20-17-,21-18-,28-25-,29-26-,33-32-,36-35-,44-42-,46-27-. The number of unbranched alkanes of at least 4 members (excludes halogenated alkanes) is 27. The smallest absolute Gasteiger partial charge is 0.463 e. The molecule has 0 saturated heterocycles. The molecular weight excluding hydrogens is 1290 g/mol. The molecule has 0 aromatic heterocycles. The van der Waals surface area contributed by atoms with Crippen molar-refractivity contribution in [3.63, 3.8) is 0 Å². The number of aliphatic hydroxyl groups is 2. The van der Waals surface area contributed by atoms with Gasteiger partial charge >= 0.3 is 33.6 Å². The van der Waals surface area contributed by atoms with Gasteiger partial charge in [-0.2, -0.15) is 0 Å². The fourth-order valence-electron chi connectivity index (χ4n) is 10.0. The fraction of sp³-hybridized carbons (Fsp3) is 0.691. The van der Waals surface area contributed by atoms with E-state index in [0.29, 0.717) is 19.3 Å². The minimum Gasteiger partial charge on any atom is -0.463 e. The zero-order valence-electron chi connectivity index (χ0n) is 61.9. The molecule has 0 heterocycles. The van der Waals surface area contributed by atoms with Crippen molar-refractivity contribution in [3.05, 3.63) is 134 Å². The Kier molecular flexibility index (Phi) is 70.2. The predicted molar refractivity (Wildman–Crippen MR) is 408 cm³/mol. The molecular formula is C81H138O16P2. The third-order valence-corrected chi connectivity index (χ3v) is 17.7. The molecule has 0 amide bonds. The molecule has 4 N–H and O–H groups in total. The Labute approximate surface area is 601 Å². The lowest BCUT2D eigenvalue weighted by molar-refractivity contribution is -0.161. The molecule has 18 heteroatoms. The summed E-state index contributed by atoms with van der Waals surface area (Å²) in [5.74, 6) is -1.61. The van der Waals surface area contributed by atoms with E-state index in [9.17, 15) is 43.5 Å². The van der Waals surface area contributed by atoms with E-state index in [2.05, 4.69) is 154 Å². The first-order chi connectivity index (χ1) is 48.2. The minimum atomic E-state index is -4.94. The average molecular weight is 1430 g/mol. The molecule has 0 spiro atoms. The van der Waals surface area contributed by atoms with E-state index >= 15 is 0 Å². The van der Waals surface area contributed by atoms with Crippen LogP contribution in [-0.2, 0) is 55.8 Å². The Bertz CT molecular complexity index is 2330. The number of hydrogen-bond donors (Lipinski definition) is 4. The molecule has 5 unspecified atom stereocenters. The summed E-state index contributed by atoms with van der Waals surface area (Å²) in [6.45, 7) is 2.39. The number of carbonyl (C=O) groups is 3. The lowest BCUT2D eigenvalue weighted by Gasteiger charge is -2.21. The van der Waals surface area contributed by atoms with Crippen LogP contribution in [0.5, 0.6) is 0 Å². The molecule has 99 heavy (non-hydrogen) atoms. The van der Waals surface area contributed by atoms with Gasteiger partial charge in [-0.3, -0.25) is 32.5 Å². The normalized spacial score (nSPS) is 14.8. The van der Waals surface area contributed by atoms with Gasteiger partial charge in [-0.05, 0) is 135 Å². The van der Waals surface area contributed by atoms with Crippen LogP contribution in [0.15, 0.2) is 134 Å². The summed E-state index contributed by atoms with van der Waals surface area (Å²) in [5.41, 5.74) is 0. The van der Waals surface area contributed by atoms with Gasteiger partial charge in [0.1, 0.15) is 25.4 Å². The second-order valence-corrected chi connectivity index (χ2v) is 28.3. The maximum atomic E-state index is 12.9. The first-order valence-electron chi connectivity index (χ1n) is 38.5. The molecule has 0 fully saturated rings. The summed E-state index contributed by atoms with van der Waals surface area (Å²) in [7, 11) is -9.80. The number of aliphatic hydroxyl groups excluding tert-OH is 2. The van der Waals surface area contributed by atoms with E-state index in [1.807, 2.05) is 0 Å². The van der Waals surface area contributed by atoms with Gasteiger partial charge < -0.3 is 34.2 Å². The zero-order chi connectivity index (χ0) is 72.3. The van der Waals surface area contributed by atoms with Gasteiger partial charge in [-0.1, -0.05) is 283 Å². The van der Waals surface area contributed by atoms with Crippen LogP contribution < -0.4 is 0 Å². The van der Waals surface area contributed by atoms with Gasteiger partial charge in [0.15, 0.2) is 6.10 Å². The van der Waals surface area contributed by atoms with Crippen LogP contribution in [0.4, 0.5) is 0 Å². The molecule has 0 aliphatic heterocycles. The van der Waals surface area contributed by atoms with Crippen LogP contribution >= 0.6 is 15.6 Å². The largest absolute Gasteiger partial charge is 0.472 e. The number of esters is 3. The molecule has 568 valence electrons. The summed E-state index contributed by atoms with van der Waals surface area (Å²) >= 11 is 0. The van der Waals surface area contributed by atoms with Gasteiger partial charge in [-0.15, -0.1) is 0 Å². The van der Waals surface area contributed by atoms with Crippen molar-refractivity contribution in [1.82, 2.24) is 0 Å². The molecule has 0 saturated carbocycles. The second kappa shape index (κ2) is 73.4. The summed E-state index contributed by atoms with van der Waals surface area (Å²) in [6.07, 6.45) is 87.9. The molecule has 16 nitrogen and oxygen atoms in total. The molecule has 0 aromatic rings. The zero-order valence-corrected chi connectivity index (χ0v) is 63.7. The Morgan fingerprint density at radius 2 is 0.535 bits per heavy atom. The van der Waals surface area contributed by atoms with Gasteiger partial charge in [0.25, 0.3) is 0 Å². The summed E-state index contributed by atoms with van der Waals surface area (Å²) in [4.78, 5) is 58.6. The first kappa shape index (κ1) is 94.7. The lowest BCUT2D eigenvalue weighted by atomic mass is 10.0. The van der Waals surface area contributed by atoms with E-state index in [1.165, 1.54) is 77.0 Å². The van der Waals surface area contributed by atoms with Crippen molar-refractivity contribution in [2.45, 2.75) is 322 Å². The van der Waals surface area contributed by atoms with Crippen LogP contribution in [0.2, 0.25) is 0 Å². The minimum absolute atomic E-state index is 0.0796. The highest BCUT2D eigenvalue weighted by Gasteiger charge is 2.29. The van der Waals surface area contributed by atoms with Crippen molar-refractivity contribution in [1.29, 1.82) is 0 Å². The monoisotopic (exact) mass is 1430 g/mol. The number of phosphoric acid groups is 2. The van der Waals surface area contributed by atoms with Gasteiger partial charge in [0.2, 0.25) is 0 Å². The van der Waals surface area contributed by atoms with Gasteiger partial charge in [-0.25, -0.2) is 9.13 Å². The fourth-order valence-corrected chi connectivity index (χ4v) is 11.6. The van der Waals surface area contributed by atoms with Crippen LogP contribution in [0, 0.1) is 0 Å². The maximum absolute atomic E-state index is 12.9. The van der Waals surface area contributed by atoms with Gasteiger partial charge in [0.05, 0.1) is 26.4 Å². The summed E-state index contributed by atoms with van der Waals surface area (Å²) in [6, 6.07) is 0. The van der Waals surface area contributed by atoms with Crippen molar-refractivity contribution in [3.8, 4) is 0 Å². The summed E-state index contributed by atoms with van der Waals surface area (Å²) < 4.78 is 61.1. The first-order valence-corrected chi connectivity index (χ1v) is 41.5. The number of ether oxygens (including phenoxy) is 3. The van der Waals surface area contributed by atoms with Crippen molar-refractivity contribution < 1.29 is 75.8 Å². The maximum Gasteiger partial charge on any atom is 0.472 e. The Morgan fingerprint density at radius 1 is 0.293 bits per heavy atom. The van der Waals surface area contributed by atoms with E-state index in [0.717, 1.165) is 167 Å². The third kappa shape index (κ3) is 74.7. The van der Waals surface area contributed by atoms with Crippen LogP contribution in [0.3, 0.4) is 0 Å². The van der Waals surface area contributed by atoms with E-state index < -0.39 is 91.5 Å². The molecule has 0 aliphatic rings. The Balaban J connectivity index is 4.53. The number of carbonyl (C=O) groups excluding carboxylic acids is 3. The topological polar surface area (TPSA) is 231 Å².